The van der Waals surface area contributed by atoms with Gasteiger partial charge in [-0.3, -0.25) is 14.4 Å². The van der Waals surface area contributed by atoms with Crippen molar-refractivity contribution in [2.45, 2.75) is 30.7 Å². The third-order valence-electron chi connectivity index (χ3n) is 4.79. The molecule has 0 aromatic heterocycles. The summed E-state index contributed by atoms with van der Waals surface area (Å²) in [5.74, 6) is -1.15. The highest BCUT2D eigenvalue weighted by atomic mass is 32.2. The minimum Gasteiger partial charge on any atom is -0.454 e. The number of nitrogens with zero attached hydrogens (tertiary/aromatic N) is 1. The Labute approximate surface area is 167 Å². The van der Waals surface area contributed by atoms with Crippen LogP contribution in [0.4, 0.5) is 0 Å². The van der Waals surface area contributed by atoms with Gasteiger partial charge >= 0.3 is 5.97 Å². The topological polar surface area (TPSA) is 105 Å². The molecule has 2 atom stereocenters. The molecule has 2 N–H and O–H groups in total. The van der Waals surface area contributed by atoms with E-state index in [0.717, 1.165) is 5.56 Å². The minimum atomic E-state index is -0.726. The van der Waals surface area contributed by atoms with Crippen LogP contribution >= 0.6 is 11.8 Å². The van der Waals surface area contributed by atoms with Crippen molar-refractivity contribution in [2.24, 2.45) is 0 Å². The van der Waals surface area contributed by atoms with Crippen LogP contribution < -0.4 is 10.6 Å². The fourth-order valence-electron chi connectivity index (χ4n) is 3.54. The van der Waals surface area contributed by atoms with Crippen molar-refractivity contribution in [3.63, 3.8) is 0 Å². The fourth-order valence-corrected chi connectivity index (χ4v) is 5.17. The van der Waals surface area contributed by atoms with Crippen molar-refractivity contribution < 1.29 is 23.9 Å². The molecule has 2 heterocycles. The van der Waals surface area contributed by atoms with Gasteiger partial charge < -0.3 is 20.3 Å². The number of esters is 1. The maximum atomic E-state index is 12.6. The monoisotopic (exact) mass is 405 g/mol. The zero-order valence-corrected chi connectivity index (χ0v) is 16.4. The van der Waals surface area contributed by atoms with Gasteiger partial charge in [0, 0.05) is 18.7 Å². The van der Waals surface area contributed by atoms with Gasteiger partial charge in [-0.1, -0.05) is 30.3 Å². The van der Waals surface area contributed by atoms with E-state index in [2.05, 4.69) is 10.6 Å². The fraction of sp³-hybridized carbons (Fsp3) is 0.474. The van der Waals surface area contributed by atoms with E-state index in [1.807, 2.05) is 30.3 Å². The first-order chi connectivity index (χ1) is 13.5. The van der Waals surface area contributed by atoms with Gasteiger partial charge in [0.25, 0.3) is 5.91 Å². The van der Waals surface area contributed by atoms with E-state index in [9.17, 15) is 19.2 Å². The SMILES string of the molecule is CCNC(=O)CNC(=O)COC(=O)[C@H]1CS[C@@]2(c3ccccc3)CCC(=O)N12. The van der Waals surface area contributed by atoms with Crippen LogP contribution in [0.25, 0.3) is 0 Å². The van der Waals surface area contributed by atoms with E-state index >= 15 is 0 Å². The van der Waals surface area contributed by atoms with Crippen molar-refractivity contribution in [3.05, 3.63) is 35.9 Å². The van der Waals surface area contributed by atoms with E-state index in [1.165, 1.54) is 0 Å². The molecule has 1 aromatic rings. The van der Waals surface area contributed by atoms with Gasteiger partial charge in [0.2, 0.25) is 11.8 Å². The van der Waals surface area contributed by atoms with Gasteiger partial charge in [-0.05, 0) is 18.9 Å². The van der Waals surface area contributed by atoms with Crippen molar-refractivity contribution in [3.8, 4) is 0 Å². The Kier molecular flexibility index (Phi) is 6.23. The molecule has 3 rings (SSSR count). The van der Waals surface area contributed by atoms with E-state index in [1.54, 1.807) is 23.6 Å². The number of carbonyl (C=O) groups is 4. The average molecular weight is 405 g/mol. The van der Waals surface area contributed by atoms with Crippen molar-refractivity contribution in [2.75, 3.05) is 25.4 Å². The molecule has 150 valence electrons. The zero-order chi connectivity index (χ0) is 20.1. The lowest BCUT2D eigenvalue weighted by molar-refractivity contribution is -0.156. The van der Waals surface area contributed by atoms with Crippen LogP contribution in [0.15, 0.2) is 30.3 Å². The third kappa shape index (κ3) is 3.99. The van der Waals surface area contributed by atoms with Crippen molar-refractivity contribution in [1.82, 2.24) is 15.5 Å². The molecule has 2 aliphatic rings. The van der Waals surface area contributed by atoms with Gasteiger partial charge in [-0.25, -0.2) is 4.79 Å². The molecule has 0 aliphatic carbocycles. The molecule has 2 aliphatic heterocycles. The first kappa shape index (κ1) is 20.2. The number of nitrogens with one attached hydrogen (secondary N) is 2. The van der Waals surface area contributed by atoms with Crippen LogP contribution in [0.1, 0.15) is 25.3 Å². The van der Waals surface area contributed by atoms with Gasteiger partial charge in [0.1, 0.15) is 10.9 Å². The smallest absolute Gasteiger partial charge is 0.330 e. The van der Waals surface area contributed by atoms with Gasteiger partial charge in [-0.2, -0.15) is 0 Å². The minimum absolute atomic E-state index is 0.0866. The van der Waals surface area contributed by atoms with Crippen molar-refractivity contribution >= 4 is 35.5 Å². The molecule has 1 aromatic carbocycles. The number of thioether (sulfide) groups is 1. The molecule has 9 heteroatoms. The van der Waals surface area contributed by atoms with Crippen LogP contribution in [0, 0.1) is 0 Å². The molecule has 0 radical (unpaired) electrons. The summed E-state index contributed by atoms with van der Waals surface area (Å²) in [5.41, 5.74) is 0.987. The number of carbonyl (C=O) groups excluding carboxylic acids is 4. The van der Waals surface area contributed by atoms with E-state index in [4.69, 9.17) is 4.74 Å². The molecule has 0 bridgehead atoms. The number of benzene rings is 1. The zero-order valence-electron chi connectivity index (χ0n) is 15.6. The van der Waals surface area contributed by atoms with Crippen LogP contribution in [-0.4, -0.2) is 60.1 Å². The Morgan fingerprint density at radius 1 is 1.21 bits per heavy atom. The Hall–Kier alpha value is -2.55. The van der Waals surface area contributed by atoms with Crippen molar-refractivity contribution in [1.29, 1.82) is 0 Å². The lowest BCUT2D eigenvalue weighted by atomic mass is 10.0. The number of hydrogen-bond donors (Lipinski definition) is 2. The molecule has 3 amide bonds. The molecule has 28 heavy (non-hydrogen) atoms. The molecule has 8 nitrogen and oxygen atoms in total. The van der Waals surface area contributed by atoms with E-state index in [0.29, 0.717) is 25.1 Å². The third-order valence-corrected chi connectivity index (χ3v) is 6.39. The summed E-state index contributed by atoms with van der Waals surface area (Å²) in [6, 6.07) is 8.93. The highest BCUT2D eigenvalue weighted by Gasteiger charge is 2.57. The predicted molar refractivity (Wildman–Crippen MR) is 103 cm³/mol. The van der Waals surface area contributed by atoms with Gasteiger partial charge in [-0.15, -0.1) is 11.8 Å². The quantitative estimate of drug-likeness (QED) is 0.635. The average Bonchev–Trinajstić information content (AvgIpc) is 3.25. The molecular formula is C19H23N3O5S. The lowest BCUT2D eigenvalue weighted by Crippen LogP contribution is -2.47. The highest BCUT2D eigenvalue weighted by molar-refractivity contribution is 8.00. The Morgan fingerprint density at radius 3 is 2.68 bits per heavy atom. The van der Waals surface area contributed by atoms with Crippen LogP contribution in [0.2, 0.25) is 0 Å². The van der Waals surface area contributed by atoms with Crippen LogP contribution in [-0.2, 0) is 28.8 Å². The molecule has 2 saturated heterocycles. The molecule has 2 fully saturated rings. The second-order valence-electron chi connectivity index (χ2n) is 6.58. The standard InChI is InChI=1S/C19H23N3O5S/c1-2-20-15(23)10-21-16(24)11-27-18(26)14-12-28-19(9-8-17(25)22(14)19)13-6-4-3-5-7-13/h3-7,14H,2,8-12H2,1H3,(H,20,23)(H,21,24)/t14-,19-/m1/s1. The number of likely N-dealkylation sites (N-methyl/N-ethyl adjacent to an activating group) is 1. The maximum absolute atomic E-state index is 12.6. The summed E-state index contributed by atoms with van der Waals surface area (Å²) in [5, 5.41) is 4.94. The summed E-state index contributed by atoms with van der Waals surface area (Å²) >= 11 is 1.56. The normalized spacial score (nSPS) is 23.2. The summed E-state index contributed by atoms with van der Waals surface area (Å²) < 4.78 is 5.13. The summed E-state index contributed by atoms with van der Waals surface area (Å²) in [6.45, 7) is 1.58. The number of ether oxygens (including phenoxy) is 1. The van der Waals surface area contributed by atoms with E-state index in [-0.39, 0.29) is 18.4 Å². The Bertz CT molecular complexity index is 772. The second kappa shape index (κ2) is 8.64. The largest absolute Gasteiger partial charge is 0.454 e. The Morgan fingerprint density at radius 2 is 1.96 bits per heavy atom. The maximum Gasteiger partial charge on any atom is 0.330 e. The number of amides is 3. The molecule has 0 spiro atoms. The van der Waals surface area contributed by atoms with Crippen LogP contribution in [0.3, 0.4) is 0 Å². The summed E-state index contributed by atoms with van der Waals surface area (Å²) in [7, 11) is 0. The predicted octanol–water partition coefficient (Wildman–Crippen LogP) is 0.373. The van der Waals surface area contributed by atoms with E-state index < -0.39 is 29.4 Å². The van der Waals surface area contributed by atoms with Crippen LogP contribution in [0.5, 0.6) is 0 Å². The summed E-state index contributed by atoms with van der Waals surface area (Å²) in [4.78, 5) is 49.3. The van der Waals surface area contributed by atoms with Gasteiger partial charge in [0.05, 0.1) is 6.54 Å². The highest BCUT2D eigenvalue weighted by Crippen LogP contribution is 2.54. The lowest BCUT2D eigenvalue weighted by Gasteiger charge is -2.33. The molecule has 0 unspecified atom stereocenters. The summed E-state index contributed by atoms with van der Waals surface area (Å²) in [6.07, 6.45) is 1.01. The Balaban J connectivity index is 1.60. The number of hydrogen-bond acceptors (Lipinski definition) is 6. The number of fused-ring (bicyclic) bond motifs is 1. The first-order valence-electron chi connectivity index (χ1n) is 9.19. The van der Waals surface area contributed by atoms with Gasteiger partial charge in [0.15, 0.2) is 6.61 Å². The molecular weight excluding hydrogens is 382 g/mol. The number of rotatable bonds is 7. The second-order valence-corrected chi connectivity index (χ2v) is 7.88. The first-order valence-corrected chi connectivity index (χ1v) is 10.2. The molecule has 0 saturated carbocycles.